The summed E-state index contributed by atoms with van der Waals surface area (Å²) < 4.78 is 12.9. The molecule has 0 bridgehead atoms. The topological polar surface area (TPSA) is 55.1 Å². The Bertz CT molecular complexity index is 610. The minimum absolute atomic E-state index is 0.157. The monoisotopic (exact) mass is 286 g/mol. The van der Waals surface area contributed by atoms with Crippen LogP contribution in [-0.4, -0.2) is 11.9 Å². The summed E-state index contributed by atoms with van der Waals surface area (Å²) in [5.41, 5.74) is 8.11. The van der Waals surface area contributed by atoms with Crippen molar-refractivity contribution >= 4 is 11.6 Å². The summed E-state index contributed by atoms with van der Waals surface area (Å²) in [5, 5.41) is 3.38. The predicted molar refractivity (Wildman–Crippen MR) is 82.5 cm³/mol. The smallest absolute Gasteiger partial charge is 0.221 e. The van der Waals surface area contributed by atoms with Crippen LogP contribution >= 0.6 is 0 Å². The first-order valence-corrected chi connectivity index (χ1v) is 6.92. The molecule has 0 spiro atoms. The molecular formula is C17H19FN2O. The van der Waals surface area contributed by atoms with Crippen LogP contribution in [0.5, 0.6) is 0 Å². The number of nitrogens with two attached hydrogens (primary N) is 1. The number of rotatable bonds is 6. The van der Waals surface area contributed by atoms with Crippen molar-refractivity contribution in [1.29, 1.82) is 0 Å². The molecule has 3 nitrogen and oxygen atoms in total. The maximum Gasteiger partial charge on any atom is 0.221 e. The number of carbonyl (C=O) groups excluding carboxylic acids is 1. The average molecular weight is 286 g/mol. The molecule has 0 saturated carbocycles. The first kappa shape index (κ1) is 15.0. The fourth-order valence-electron chi connectivity index (χ4n) is 2.29. The lowest BCUT2D eigenvalue weighted by Gasteiger charge is -2.18. The molecule has 1 atom stereocenters. The van der Waals surface area contributed by atoms with Gasteiger partial charge in [-0.1, -0.05) is 30.3 Å². The van der Waals surface area contributed by atoms with Crippen molar-refractivity contribution in [2.75, 3.05) is 5.32 Å². The number of halogens is 1. The second kappa shape index (κ2) is 6.88. The zero-order chi connectivity index (χ0) is 15.2. The van der Waals surface area contributed by atoms with Gasteiger partial charge in [0.25, 0.3) is 0 Å². The van der Waals surface area contributed by atoms with E-state index < -0.39 is 0 Å². The lowest BCUT2D eigenvalue weighted by molar-refractivity contribution is -0.117. The minimum Gasteiger partial charge on any atom is -0.382 e. The van der Waals surface area contributed by atoms with Crippen molar-refractivity contribution in [3.8, 4) is 0 Å². The Morgan fingerprint density at radius 3 is 2.52 bits per heavy atom. The normalized spacial score (nSPS) is 11.9. The molecule has 4 heteroatoms. The lowest BCUT2D eigenvalue weighted by Crippen LogP contribution is -2.20. The molecule has 3 N–H and O–H groups in total. The highest BCUT2D eigenvalue weighted by Gasteiger charge is 2.08. The largest absolute Gasteiger partial charge is 0.382 e. The number of hydrogen-bond acceptors (Lipinski definition) is 2. The van der Waals surface area contributed by atoms with Gasteiger partial charge in [-0.25, -0.2) is 4.39 Å². The van der Waals surface area contributed by atoms with Gasteiger partial charge in [-0.2, -0.15) is 0 Å². The van der Waals surface area contributed by atoms with E-state index in [-0.39, 0.29) is 24.2 Å². The Morgan fingerprint density at radius 2 is 1.86 bits per heavy atom. The standard InChI is InChI=1S/C17H19FN2O/c1-12(10-13-6-8-15(18)9-7-13)20-16-5-3-2-4-14(16)11-17(19)21/h2-9,12,20H,10-11H2,1H3,(H2,19,21). The summed E-state index contributed by atoms with van der Waals surface area (Å²) in [7, 11) is 0. The van der Waals surface area contributed by atoms with Crippen molar-refractivity contribution < 1.29 is 9.18 Å². The molecule has 0 aliphatic heterocycles. The number of anilines is 1. The molecule has 2 aromatic carbocycles. The van der Waals surface area contributed by atoms with E-state index in [4.69, 9.17) is 5.73 Å². The fourth-order valence-corrected chi connectivity index (χ4v) is 2.29. The molecule has 0 radical (unpaired) electrons. The SMILES string of the molecule is CC(Cc1ccc(F)cc1)Nc1ccccc1CC(N)=O. The number of para-hydroxylation sites is 1. The van der Waals surface area contributed by atoms with Crippen LogP contribution < -0.4 is 11.1 Å². The Kier molecular flexibility index (Phi) is 4.93. The molecule has 21 heavy (non-hydrogen) atoms. The molecule has 0 aromatic heterocycles. The highest BCUT2D eigenvalue weighted by molar-refractivity contribution is 5.78. The van der Waals surface area contributed by atoms with Crippen LogP contribution in [0.25, 0.3) is 0 Å². The number of carbonyl (C=O) groups is 1. The molecule has 2 aromatic rings. The van der Waals surface area contributed by atoms with E-state index in [1.807, 2.05) is 31.2 Å². The number of primary amides is 1. The van der Waals surface area contributed by atoms with Gasteiger partial charge in [-0.05, 0) is 42.7 Å². The van der Waals surface area contributed by atoms with E-state index in [1.165, 1.54) is 12.1 Å². The van der Waals surface area contributed by atoms with Gasteiger partial charge in [0.1, 0.15) is 5.82 Å². The molecule has 0 aliphatic carbocycles. The highest BCUT2D eigenvalue weighted by Crippen LogP contribution is 2.18. The Balaban J connectivity index is 2.03. The number of nitrogens with one attached hydrogen (secondary N) is 1. The molecule has 0 fully saturated rings. The molecule has 1 unspecified atom stereocenters. The maximum atomic E-state index is 12.9. The van der Waals surface area contributed by atoms with Gasteiger partial charge in [-0.3, -0.25) is 4.79 Å². The van der Waals surface area contributed by atoms with E-state index in [2.05, 4.69) is 5.32 Å². The van der Waals surface area contributed by atoms with E-state index in [0.717, 1.165) is 23.2 Å². The summed E-state index contributed by atoms with van der Waals surface area (Å²) in [4.78, 5) is 11.1. The summed E-state index contributed by atoms with van der Waals surface area (Å²) in [5.74, 6) is -0.582. The minimum atomic E-state index is -0.351. The molecule has 110 valence electrons. The van der Waals surface area contributed by atoms with Crippen LogP contribution in [-0.2, 0) is 17.6 Å². The molecule has 0 saturated heterocycles. The predicted octanol–water partition coefficient (Wildman–Crippen LogP) is 2.90. The van der Waals surface area contributed by atoms with Crippen molar-refractivity contribution in [3.05, 3.63) is 65.5 Å². The molecule has 2 rings (SSSR count). The number of hydrogen-bond donors (Lipinski definition) is 2. The third-order valence-electron chi connectivity index (χ3n) is 3.24. The van der Waals surface area contributed by atoms with E-state index in [9.17, 15) is 9.18 Å². The van der Waals surface area contributed by atoms with Crippen molar-refractivity contribution in [3.63, 3.8) is 0 Å². The molecule has 0 heterocycles. The van der Waals surface area contributed by atoms with Crippen LogP contribution in [0.1, 0.15) is 18.1 Å². The number of amides is 1. The van der Waals surface area contributed by atoms with Gasteiger partial charge in [0.2, 0.25) is 5.91 Å². The lowest BCUT2D eigenvalue weighted by atomic mass is 10.0. The summed E-state index contributed by atoms with van der Waals surface area (Å²) in [6, 6.07) is 14.3. The Morgan fingerprint density at radius 1 is 1.19 bits per heavy atom. The van der Waals surface area contributed by atoms with E-state index >= 15 is 0 Å². The second-order valence-electron chi connectivity index (χ2n) is 5.18. The van der Waals surface area contributed by atoms with Crippen molar-refractivity contribution in [2.45, 2.75) is 25.8 Å². The molecule has 0 aliphatic rings. The van der Waals surface area contributed by atoms with Crippen LogP contribution in [0.15, 0.2) is 48.5 Å². The van der Waals surface area contributed by atoms with Crippen LogP contribution in [0.3, 0.4) is 0 Å². The second-order valence-corrected chi connectivity index (χ2v) is 5.18. The summed E-state index contributed by atoms with van der Waals surface area (Å²) in [6.45, 7) is 2.05. The van der Waals surface area contributed by atoms with Crippen LogP contribution in [0, 0.1) is 5.82 Å². The van der Waals surface area contributed by atoms with Crippen LogP contribution in [0.4, 0.5) is 10.1 Å². The third-order valence-corrected chi connectivity index (χ3v) is 3.24. The third kappa shape index (κ3) is 4.60. The number of benzene rings is 2. The quantitative estimate of drug-likeness (QED) is 0.858. The van der Waals surface area contributed by atoms with Gasteiger partial charge < -0.3 is 11.1 Å². The van der Waals surface area contributed by atoms with Crippen molar-refractivity contribution in [2.24, 2.45) is 5.73 Å². The van der Waals surface area contributed by atoms with E-state index in [0.29, 0.717) is 0 Å². The molecular weight excluding hydrogens is 267 g/mol. The average Bonchev–Trinajstić information content (AvgIpc) is 2.43. The van der Waals surface area contributed by atoms with Gasteiger partial charge >= 0.3 is 0 Å². The van der Waals surface area contributed by atoms with Gasteiger partial charge in [0.15, 0.2) is 0 Å². The summed E-state index contributed by atoms with van der Waals surface area (Å²) >= 11 is 0. The molecule has 1 amide bonds. The zero-order valence-corrected chi connectivity index (χ0v) is 12.0. The fraction of sp³-hybridized carbons (Fsp3) is 0.235. The van der Waals surface area contributed by atoms with Gasteiger partial charge in [0.05, 0.1) is 6.42 Å². The maximum absolute atomic E-state index is 12.9. The zero-order valence-electron chi connectivity index (χ0n) is 12.0. The van der Waals surface area contributed by atoms with E-state index in [1.54, 1.807) is 12.1 Å². The van der Waals surface area contributed by atoms with Crippen LogP contribution in [0.2, 0.25) is 0 Å². The summed E-state index contributed by atoms with van der Waals surface area (Å²) in [6.07, 6.45) is 0.984. The van der Waals surface area contributed by atoms with Crippen molar-refractivity contribution in [1.82, 2.24) is 0 Å². The van der Waals surface area contributed by atoms with Gasteiger partial charge in [0, 0.05) is 11.7 Å². The highest BCUT2D eigenvalue weighted by atomic mass is 19.1. The first-order valence-electron chi connectivity index (χ1n) is 6.92. The Hall–Kier alpha value is -2.36. The Labute approximate surface area is 124 Å². The first-order chi connectivity index (χ1) is 10.0. The van der Waals surface area contributed by atoms with Gasteiger partial charge in [-0.15, -0.1) is 0 Å².